The zero-order valence-electron chi connectivity index (χ0n) is 15.5. The first-order valence-electron chi connectivity index (χ1n) is 9.27. The molecule has 1 aliphatic carbocycles. The number of anilines is 1. The average Bonchev–Trinajstić information content (AvgIpc) is 2.69. The molecule has 3 atom stereocenters. The Hall–Kier alpha value is -2.89. The molecule has 2 amide bonds. The van der Waals surface area contributed by atoms with Crippen molar-refractivity contribution >= 4 is 17.7 Å². The molecule has 1 aromatic heterocycles. The summed E-state index contributed by atoms with van der Waals surface area (Å²) in [6.45, 7) is 2.02. The van der Waals surface area contributed by atoms with Crippen LogP contribution in [0, 0.1) is 12.8 Å². The summed E-state index contributed by atoms with van der Waals surface area (Å²) in [5.41, 5.74) is 3.69. The molecular weight excluding hydrogens is 342 g/mol. The van der Waals surface area contributed by atoms with Crippen LogP contribution >= 0.6 is 0 Å². The van der Waals surface area contributed by atoms with Crippen molar-refractivity contribution in [3.8, 4) is 11.3 Å². The van der Waals surface area contributed by atoms with Crippen LogP contribution in [-0.2, 0) is 9.53 Å². The van der Waals surface area contributed by atoms with E-state index in [-0.39, 0.29) is 30.0 Å². The van der Waals surface area contributed by atoms with Gasteiger partial charge in [0.05, 0.1) is 18.7 Å². The molecule has 1 saturated carbocycles. The Bertz CT molecular complexity index is 866. The SMILES string of the molecule is COC(=O)C1CCC2CC1N2C(=O)Nc1ccc(C)c(-c2ccccn2)c1. The Labute approximate surface area is 158 Å². The molecule has 27 heavy (non-hydrogen) atoms. The largest absolute Gasteiger partial charge is 0.469 e. The second-order valence-electron chi connectivity index (χ2n) is 7.25. The molecule has 2 aliphatic heterocycles. The number of carbonyl (C=O) groups is 2. The van der Waals surface area contributed by atoms with Crippen LogP contribution in [0.4, 0.5) is 10.5 Å². The van der Waals surface area contributed by atoms with Crippen LogP contribution in [0.15, 0.2) is 42.6 Å². The zero-order valence-corrected chi connectivity index (χ0v) is 15.5. The second-order valence-corrected chi connectivity index (χ2v) is 7.25. The Kier molecular flexibility index (Phi) is 4.56. The van der Waals surface area contributed by atoms with E-state index in [9.17, 15) is 9.59 Å². The van der Waals surface area contributed by atoms with Gasteiger partial charge >= 0.3 is 12.0 Å². The van der Waals surface area contributed by atoms with Crippen molar-refractivity contribution in [2.45, 2.75) is 38.3 Å². The van der Waals surface area contributed by atoms with E-state index >= 15 is 0 Å². The van der Waals surface area contributed by atoms with Gasteiger partial charge in [-0.05, 0) is 56.0 Å². The Morgan fingerprint density at radius 2 is 2.07 bits per heavy atom. The third-order valence-electron chi connectivity index (χ3n) is 5.71. The van der Waals surface area contributed by atoms with Crippen LogP contribution in [0.2, 0.25) is 0 Å². The highest BCUT2D eigenvalue weighted by molar-refractivity contribution is 5.92. The maximum absolute atomic E-state index is 12.8. The van der Waals surface area contributed by atoms with Crippen molar-refractivity contribution in [1.29, 1.82) is 0 Å². The fourth-order valence-corrected chi connectivity index (χ4v) is 4.25. The van der Waals surface area contributed by atoms with Gasteiger partial charge in [0, 0.05) is 29.5 Å². The molecule has 2 aromatic rings. The van der Waals surface area contributed by atoms with Crippen molar-refractivity contribution in [3.63, 3.8) is 0 Å². The molecule has 6 heteroatoms. The van der Waals surface area contributed by atoms with Crippen molar-refractivity contribution in [3.05, 3.63) is 48.2 Å². The van der Waals surface area contributed by atoms with Gasteiger partial charge < -0.3 is 15.0 Å². The number of aryl methyl sites for hydroxylation is 1. The van der Waals surface area contributed by atoms with Crippen molar-refractivity contribution in [2.75, 3.05) is 12.4 Å². The molecule has 0 radical (unpaired) electrons. The minimum atomic E-state index is -0.219. The Morgan fingerprint density at radius 3 is 2.78 bits per heavy atom. The predicted octanol–water partition coefficient (Wildman–Crippen LogP) is 3.61. The molecule has 6 nitrogen and oxygen atoms in total. The predicted molar refractivity (Wildman–Crippen MR) is 102 cm³/mol. The Balaban J connectivity index is 1.52. The van der Waals surface area contributed by atoms with Gasteiger partial charge in [-0.3, -0.25) is 9.78 Å². The van der Waals surface area contributed by atoms with Crippen LogP contribution in [0.1, 0.15) is 24.8 Å². The van der Waals surface area contributed by atoms with Gasteiger partial charge in [-0.2, -0.15) is 0 Å². The third-order valence-corrected chi connectivity index (χ3v) is 5.71. The summed E-state index contributed by atoms with van der Waals surface area (Å²) in [6.07, 6.45) is 4.27. The normalized spacial score (nSPS) is 23.3. The minimum absolute atomic E-state index is 0.0584. The number of amides is 2. The highest BCUT2D eigenvalue weighted by Crippen LogP contribution is 2.42. The summed E-state index contributed by atoms with van der Waals surface area (Å²) in [7, 11) is 1.41. The highest BCUT2D eigenvalue weighted by atomic mass is 16.5. The van der Waals surface area contributed by atoms with Crippen molar-refractivity contribution < 1.29 is 14.3 Å². The van der Waals surface area contributed by atoms with Crippen LogP contribution in [0.5, 0.6) is 0 Å². The maximum Gasteiger partial charge on any atom is 0.322 e. The van der Waals surface area contributed by atoms with E-state index in [0.29, 0.717) is 0 Å². The van der Waals surface area contributed by atoms with Crippen LogP contribution in [0.25, 0.3) is 11.3 Å². The molecule has 5 rings (SSSR count). The smallest absolute Gasteiger partial charge is 0.322 e. The van der Waals surface area contributed by atoms with Crippen molar-refractivity contribution in [2.24, 2.45) is 5.92 Å². The van der Waals surface area contributed by atoms with Crippen LogP contribution in [0.3, 0.4) is 0 Å². The van der Waals surface area contributed by atoms with Crippen molar-refractivity contribution in [1.82, 2.24) is 9.88 Å². The van der Waals surface area contributed by atoms with Gasteiger partial charge in [0.2, 0.25) is 0 Å². The summed E-state index contributed by atoms with van der Waals surface area (Å²) < 4.78 is 4.90. The number of ether oxygens (including phenoxy) is 1. The topological polar surface area (TPSA) is 71.5 Å². The Morgan fingerprint density at radius 1 is 1.22 bits per heavy atom. The summed E-state index contributed by atoms with van der Waals surface area (Å²) in [4.78, 5) is 31.0. The first-order valence-corrected chi connectivity index (χ1v) is 9.27. The summed E-state index contributed by atoms with van der Waals surface area (Å²) >= 11 is 0. The molecule has 3 unspecified atom stereocenters. The number of nitrogens with zero attached hydrogens (tertiary/aromatic N) is 2. The molecule has 1 N–H and O–H groups in total. The van der Waals surface area contributed by atoms with E-state index in [1.54, 1.807) is 6.20 Å². The van der Waals surface area contributed by atoms with Gasteiger partial charge in [-0.1, -0.05) is 12.1 Å². The average molecular weight is 365 g/mol. The molecule has 0 spiro atoms. The fraction of sp³-hybridized carbons (Fsp3) is 0.381. The first-order chi connectivity index (χ1) is 13.1. The summed E-state index contributed by atoms with van der Waals surface area (Å²) in [5, 5.41) is 2.99. The number of piperidine rings is 1. The standard InChI is InChI=1S/C21H23N3O3/c1-13-6-7-14(11-17(13)18-5-3-4-10-22-18)23-21(26)24-15-8-9-16(19(24)12-15)20(25)27-2/h3-7,10-11,15-16,19H,8-9,12H2,1-2H3,(H,23,26). The zero-order chi connectivity index (χ0) is 19.0. The lowest BCUT2D eigenvalue weighted by Gasteiger charge is -2.55. The van der Waals surface area contributed by atoms with Gasteiger partial charge in [0.25, 0.3) is 0 Å². The second kappa shape index (κ2) is 7.02. The number of benzene rings is 1. The van der Waals surface area contributed by atoms with E-state index in [1.165, 1.54) is 7.11 Å². The molecular formula is C21H23N3O3. The number of nitrogens with one attached hydrogen (secondary N) is 1. The van der Waals surface area contributed by atoms with E-state index in [1.807, 2.05) is 48.2 Å². The number of carbonyl (C=O) groups excluding carboxylic acids is 2. The quantitative estimate of drug-likeness (QED) is 0.844. The third kappa shape index (κ3) is 3.16. The van der Waals surface area contributed by atoms with E-state index in [0.717, 1.165) is 41.8 Å². The van der Waals surface area contributed by atoms with Gasteiger partial charge in [0.1, 0.15) is 0 Å². The number of rotatable bonds is 3. The lowest BCUT2D eigenvalue weighted by atomic mass is 9.72. The first kappa shape index (κ1) is 17.5. The van der Waals surface area contributed by atoms with Crippen LogP contribution < -0.4 is 5.32 Å². The highest BCUT2D eigenvalue weighted by Gasteiger charge is 2.52. The van der Waals surface area contributed by atoms with Gasteiger partial charge in [-0.25, -0.2) is 4.79 Å². The van der Waals surface area contributed by atoms with E-state index < -0.39 is 0 Å². The van der Waals surface area contributed by atoms with Gasteiger partial charge in [-0.15, -0.1) is 0 Å². The van der Waals surface area contributed by atoms with Crippen LogP contribution in [-0.4, -0.2) is 41.1 Å². The molecule has 140 valence electrons. The number of urea groups is 1. The number of fused-ring (bicyclic) bond motifs is 2. The summed E-state index contributed by atoms with van der Waals surface area (Å²) in [6, 6.07) is 11.6. The molecule has 2 bridgehead atoms. The minimum Gasteiger partial charge on any atom is -0.469 e. The summed E-state index contributed by atoms with van der Waals surface area (Å²) in [5.74, 6) is -0.434. The van der Waals surface area contributed by atoms with E-state index in [4.69, 9.17) is 4.74 Å². The number of methoxy groups -OCH3 is 1. The lowest BCUT2D eigenvalue weighted by Crippen LogP contribution is -2.66. The molecule has 3 heterocycles. The monoisotopic (exact) mass is 365 g/mol. The number of esters is 1. The molecule has 3 fully saturated rings. The lowest BCUT2D eigenvalue weighted by molar-refractivity contribution is -0.154. The molecule has 1 aromatic carbocycles. The number of aromatic nitrogens is 1. The van der Waals surface area contributed by atoms with E-state index in [2.05, 4.69) is 10.3 Å². The maximum atomic E-state index is 12.8. The molecule has 2 saturated heterocycles. The van der Waals surface area contributed by atoms with Gasteiger partial charge in [0.15, 0.2) is 0 Å². The molecule has 3 aliphatic rings. The fourth-order valence-electron chi connectivity index (χ4n) is 4.25. The number of pyridine rings is 1. The number of hydrogen-bond donors (Lipinski definition) is 1. The number of hydrogen-bond acceptors (Lipinski definition) is 4.